The third kappa shape index (κ3) is 7.03. The lowest BCUT2D eigenvalue weighted by atomic mass is 10.2. The molecule has 3 aromatic carbocycles. The Morgan fingerprint density at radius 2 is 1.60 bits per heavy atom. The molecule has 152 valence electrons. The number of ether oxygens (including phenoxy) is 1. The summed E-state index contributed by atoms with van der Waals surface area (Å²) in [6, 6.07) is 24.4. The van der Waals surface area contributed by atoms with Crippen LogP contribution >= 0.6 is 12.2 Å². The largest absolute Gasteiger partial charge is 0.484 e. The Hall–Kier alpha value is -3.71. The lowest BCUT2D eigenvalue weighted by Crippen LogP contribution is -2.23. The molecular formula is C23H22N4O2S. The number of aryl methyl sites for hydroxylation is 1. The van der Waals surface area contributed by atoms with Crippen LogP contribution in [0.3, 0.4) is 0 Å². The van der Waals surface area contributed by atoms with Gasteiger partial charge in [-0.1, -0.05) is 35.9 Å². The highest BCUT2D eigenvalue weighted by Crippen LogP contribution is 2.12. The van der Waals surface area contributed by atoms with Crippen LogP contribution in [0.1, 0.15) is 11.1 Å². The summed E-state index contributed by atoms with van der Waals surface area (Å²) >= 11 is 5.19. The van der Waals surface area contributed by atoms with Crippen molar-refractivity contribution in [3.63, 3.8) is 0 Å². The molecule has 0 bridgehead atoms. The van der Waals surface area contributed by atoms with Crippen LogP contribution in [0.25, 0.3) is 0 Å². The molecule has 0 atom stereocenters. The predicted octanol–water partition coefficient (Wildman–Crippen LogP) is 4.33. The molecule has 0 aliphatic heterocycles. The molecule has 0 aliphatic rings. The summed E-state index contributed by atoms with van der Waals surface area (Å²) < 4.78 is 5.52. The number of carbonyl (C=O) groups is 1. The predicted molar refractivity (Wildman–Crippen MR) is 125 cm³/mol. The maximum Gasteiger partial charge on any atom is 0.262 e. The Labute approximate surface area is 181 Å². The van der Waals surface area contributed by atoms with Gasteiger partial charge in [0, 0.05) is 11.4 Å². The SMILES string of the molecule is Cc1ccc(NC(=O)COc2ccc(/C=N\NC(=S)Nc3ccccc3)cc2)cc1. The Morgan fingerprint density at radius 1 is 0.933 bits per heavy atom. The molecule has 7 heteroatoms. The van der Waals surface area contributed by atoms with Crippen molar-refractivity contribution in [3.05, 3.63) is 90.0 Å². The Morgan fingerprint density at radius 3 is 2.30 bits per heavy atom. The molecule has 0 radical (unpaired) electrons. The van der Waals surface area contributed by atoms with Gasteiger partial charge in [-0.25, -0.2) is 0 Å². The topological polar surface area (TPSA) is 74.8 Å². The highest BCUT2D eigenvalue weighted by atomic mass is 32.1. The van der Waals surface area contributed by atoms with Gasteiger partial charge in [-0.05, 0) is 73.2 Å². The minimum absolute atomic E-state index is 0.0672. The molecule has 0 unspecified atom stereocenters. The Balaban J connectivity index is 1.41. The van der Waals surface area contributed by atoms with E-state index in [-0.39, 0.29) is 12.5 Å². The van der Waals surface area contributed by atoms with Crippen molar-refractivity contribution in [2.75, 3.05) is 17.2 Å². The molecule has 3 N–H and O–H groups in total. The number of nitrogens with one attached hydrogen (secondary N) is 3. The van der Waals surface area contributed by atoms with Crippen LogP contribution < -0.4 is 20.8 Å². The fraction of sp³-hybridized carbons (Fsp3) is 0.0870. The van der Waals surface area contributed by atoms with E-state index >= 15 is 0 Å². The van der Waals surface area contributed by atoms with Gasteiger partial charge in [-0.2, -0.15) is 5.10 Å². The third-order valence-electron chi connectivity index (χ3n) is 4.00. The second kappa shape index (κ2) is 10.7. The number of thiocarbonyl (C=S) groups is 1. The maximum absolute atomic E-state index is 12.0. The number of rotatable bonds is 7. The minimum Gasteiger partial charge on any atom is -0.484 e. The molecule has 1 amide bonds. The number of anilines is 2. The number of hydrogen-bond donors (Lipinski definition) is 3. The molecule has 0 aliphatic carbocycles. The number of hydrogen-bond acceptors (Lipinski definition) is 4. The lowest BCUT2D eigenvalue weighted by molar-refractivity contribution is -0.118. The quantitative estimate of drug-likeness (QED) is 0.302. The van der Waals surface area contributed by atoms with E-state index < -0.39 is 0 Å². The summed E-state index contributed by atoms with van der Waals surface area (Å²) in [5, 5.41) is 10.3. The Bertz CT molecular complexity index is 1000. The number of benzene rings is 3. The summed E-state index contributed by atoms with van der Waals surface area (Å²) in [4.78, 5) is 12.0. The molecule has 0 aromatic heterocycles. The van der Waals surface area contributed by atoms with E-state index in [9.17, 15) is 4.79 Å². The van der Waals surface area contributed by atoms with Gasteiger partial charge in [-0.3, -0.25) is 10.2 Å². The first-order valence-corrected chi connectivity index (χ1v) is 9.74. The highest BCUT2D eigenvalue weighted by molar-refractivity contribution is 7.80. The van der Waals surface area contributed by atoms with Gasteiger partial charge in [0.15, 0.2) is 11.7 Å². The second-order valence-electron chi connectivity index (χ2n) is 6.46. The van der Waals surface area contributed by atoms with Gasteiger partial charge in [0.05, 0.1) is 6.21 Å². The van der Waals surface area contributed by atoms with Crippen molar-refractivity contribution in [1.82, 2.24) is 5.43 Å². The molecular weight excluding hydrogens is 396 g/mol. The first kappa shape index (κ1) is 21.0. The van der Waals surface area contributed by atoms with Crippen molar-refractivity contribution in [1.29, 1.82) is 0 Å². The number of hydrazone groups is 1. The van der Waals surface area contributed by atoms with E-state index in [0.717, 1.165) is 22.5 Å². The van der Waals surface area contributed by atoms with Gasteiger partial charge >= 0.3 is 0 Å². The average Bonchev–Trinajstić information content (AvgIpc) is 2.75. The van der Waals surface area contributed by atoms with Gasteiger partial charge in [-0.15, -0.1) is 0 Å². The third-order valence-corrected chi connectivity index (χ3v) is 4.19. The van der Waals surface area contributed by atoms with Crippen LogP contribution in [-0.2, 0) is 4.79 Å². The normalized spacial score (nSPS) is 10.4. The molecule has 0 fully saturated rings. The van der Waals surface area contributed by atoms with E-state index in [1.165, 1.54) is 0 Å². The standard InChI is InChI=1S/C23H22N4O2S/c1-17-7-11-20(12-8-17)25-22(28)16-29-21-13-9-18(10-14-21)15-24-27-23(30)26-19-5-3-2-4-6-19/h2-15H,16H2,1H3,(H,25,28)(H2,26,27,30)/b24-15-. The van der Waals surface area contributed by atoms with E-state index in [1.807, 2.05) is 73.7 Å². The van der Waals surface area contributed by atoms with E-state index in [0.29, 0.717) is 10.9 Å². The van der Waals surface area contributed by atoms with Crippen LogP contribution in [0.15, 0.2) is 84.0 Å². The van der Waals surface area contributed by atoms with E-state index in [4.69, 9.17) is 17.0 Å². The number of para-hydroxylation sites is 1. The molecule has 6 nitrogen and oxygen atoms in total. The zero-order chi connectivity index (χ0) is 21.2. The smallest absolute Gasteiger partial charge is 0.262 e. The van der Waals surface area contributed by atoms with Crippen molar-refractivity contribution in [3.8, 4) is 5.75 Å². The van der Waals surface area contributed by atoms with Crippen LogP contribution in [0.4, 0.5) is 11.4 Å². The van der Waals surface area contributed by atoms with Gasteiger partial charge in [0.25, 0.3) is 5.91 Å². The number of amides is 1. The van der Waals surface area contributed by atoms with Gasteiger partial charge in [0.1, 0.15) is 5.75 Å². The van der Waals surface area contributed by atoms with Crippen LogP contribution in [0.5, 0.6) is 5.75 Å². The van der Waals surface area contributed by atoms with Gasteiger partial charge < -0.3 is 15.4 Å². The second-order valence-corrected chi connectivity index (χ2v) is 6.87. The first-order chi connectivity index (χ1) is 14.6. The molecule has 3 aromatic rings. The van der Waals surface area contributed by atoms with Crippen molar-refractivity contribution < 1.29 is 9.53 Å². The van der Waals surface area contributed by atoms with Crippen molar-refractivity contribution >= 4 is 40.8 Å². The van der Waals surface area contributed by atoms with E-state index in [1.54, 1.807) is 18.3 Å². The van der Waals surface area contributed by atoms with Crippen LogP contribution in [0, 0.1) is 6.92 Å². The summed E-state index contributed by atoms with van der Waals surface area (Å²) in [6.45, 7) is 1.93. The molecule has 3 rings (SSSR count). The van der Waals surface area contributed by atoms with Crippen LogP contribution in [0.2, 0.25) is 0 Å². The van der Waals surface area contributed by atoms with E-state index in [2.05, 4.69) is 21.2 Å². The zero-order valence-electron chi connectivity index (χ0n) is 16.5. The minimum atomic E-state index is -0.215. The van der Waals surface area contributed by atoms with Crippen molar-refractivity contribution in [2.24, 2.45) is 5.10 Å². The molecule has 0 saturated heterocycles. The molecule has 30 heavy (non-hydrogen) atoms. The summed E-state index contributed by atoms with van der Waals surface area (Å²) in [6.07, 6.45) is 1.65. The summed E-state index contributed by atoms with van der Waals surface area (Å²) in [5.41, 5.74) is 6.40. The molecule has 0 saturated carbocycles. The fourth-order valence-electron chi connectivity index (χ4n) is 2.48. The van der Waals surface area contributed by atoms with Crippen molar-refractivity contribution in [2.45, 2.75) is 6.92 Å². The van der Waals surface area contributed by atoms with Crippen LogP contribution in [-0.4, -0.2) is 23.8 Å². The highest BCUT2D eigenvalue weighted by Gasteiger charge is 2.04. The average molecular weight is 419 g/mol. The zero-order valence-corrected chi connectivity index (χ0v) is 17.3. The Kier molecular flexibility index (Phi) is 7.51. The summed E-state index contributed by atoms with van der Waals surface area (Å²) in [5.74, 6) is 0.383. The maximum atomic E-state index is 12.0. The number of carbonyl (C=O) groups excluding carboxylic acids is 1. The molecule has 0 spiro atoms. The summed E-state index contributed by atoms with van der Waals surface area (Å²) in [7, 11) is 0. The fourth-order valence-corrected chi connectivity index (χ4v) is 2.65. The number of nitrogens with zero attached hydrogens (tertiary/aromatic N) is 1. The molecule has 0 heterocycles. The first-order valence-electron chi connectivity index (χ1n) is 9.33. The van der Waals surface area contributed by atoms with Gasteiger partial charge in [0.2, 0.25) is 0 Å². The monoisotopic (exact) mass is 418 g/mol. The lowest BCUT2D eigenvalue weighted by Gasteiger charge is -2.08.